The van der Waals surface area contributed by atoms with E-state index in [2.05, 4.69) is 0 Å². The molecule has 0 radical (unpaired) electrons. The molecule has 7 heteroatoms. The predicted molar refractivity (Wildman–Crippen MR) is 113 cm³/mol. The van der Waals surface area contributed by atoms with Gasteiger partial charge in [-0.05, 0) is 37.1 Å². The largest absolute Gasteiger partial charge is 0.497 e. The number of furan rings is 1. The van der Waals surface area contributed by atoms with Crippen LogP contribution in [0.2, 0.25) is 0 Å². The third-order valence-corrected chi connectivity index (χ3v) is 6.17. The van der Waals surface area contributed by atoms with Crippen LogP contribution in [0.15, 0.2) is 52.9 Å². The topological polar surface area (TPSA) is 64.8 Å². The highest BCUT2D eigenvalue weighted by Crippen LogP contribution is 2.33. The molecule has 0 saturated carbocycles. The van der Waals surface area contributed by atoms with Crippen molar-refractivity contribution in [2.24, 2.45) is 0 Å². The zero-order valence-corrected chi connectivity index (χ0v) is 16.8. The van der Waals surface area contributed by atoms with Crippen LogP contribution < -0.4 is 9.64 Å². The van der Waals surface area contributed by atoms with Crippen molar-refractivity contribution < 1.29 is 18.7 Å². The Morgan fingerprint density at radius 2 is 2.17 bits per heavy atom. The molecule has 0 aliphatic carbocycles. The smallest absolute Gasteiger partial charge is 0.295 e. The lowest BCUT2D eigenvalue weighted by Gasteiger charge is -2.22. The minimum Gasteiger partial charge on any atom is -0.497 e. The van der Waals surface area contributed by atoms with Gasteiger partial charge in [-0.3, -0.25) is 9.69 Å². The maximum absolute atomic E-state index is 13.4. The Hall–Kier alpha value is -2.90. The highest BCUT2D eigenvalue weighted by atomic mass is 32.1. The van der Waals surface area contributed by atoms with Crippen molar-refractivity contribution in [2.75, 3.05) is 25.2 Å². The summed E-state index contributed by atoms with van der Waals surface area (Å²) < 4.78 is 17.9. The monoisotopic (exact) mass is 408 g/mol. The number of methoxy groups -OCH3 is 1. The van der Waals surface area contributed by atoms with Crippen molar-refractivity contribution in [3.8, 4) is 5.75 Å². The van der Waals surface area contributed by atoms with Gasteiger partial charge < -0.3 is 13.9 Å². The Morgan fingerprint density at radius 3 is 2.97 bits per heavy atom. The fraction of sp³-hybridized carbons (Fsp3) is 0.273. The van der Waals surface area contributed by atoms with Crippen LogP contribution in [-0.2, 0) is 4.74 Å². The van der Waals surface area contributed by atoms with Crippen molar-refractivity contribution in [1.29, 1.82) is 0 Å². The third kappa shape index (κ3) is 3.47. The Morgan fingerprint density at radius 1 is 1.28 bits per heavy atom. The van der Waals surface area contributed by atoms with Crippen LogP contribution >= 0.6 is 11.3 Å². The van der Waals surface area contributed by atoms with Gasteiger partial charge in [0.25, 0.3) is 5.91 Å². The lowest BCUT2D eigenvalue weighted by atomic mass is 10.2. The normalized spacial score (nSPS) is 16.5. The van der Waals surface area contributed by atoms with Gasteiger partial charge in [-0.15, -0.1) is 0 Å². The summed E-state index contributed by atoms with van der Waals surface area (Å²) in [5.41, 5.74) is 1.50. The maximum Gasteiger partial charge on any atom is 0.295 e. The molecule has 3 heterocycles. The number of rotatable bonds is 5. The zero-order chi connectivity index (χ0) is 19.8. The average molecular weight is 408 g/mol. The van der Waals surface area contributed by atoms with Crippen molar-refractivity contribution in [3.05, 3.63) is 54.3 Å². The number of benzene rings is 2. The highest BCUT2D eigenvalue weighted by molar-refractivity contribution is 7.22. The standard InChI is InChI=1S/C22H20N2O4S/c1-26-15-8-9-20-17(12-15)23-22(29-20)24(13-16-6-4-10-27-16)21(25)19-11-14-5-2-3-7-18(14)28-19/h2-3,5,7-9,11-12,16H,4,6,10,13H2,1H3/t16-/m1/s1. The molecule has 0 N–H and O–H groups in total. The lowest BCUT2D eigenvalue weighted by Crippen LogP contribution is -2.37. The molecule has 6 nitrogen and oxygen atoms in total. The second-order valence-electron chi connectivity index (χ2n) is 7.03. The first kappa shape index (κ1) is 18.1. The van der Waals surface area contributed by atoms with Gasteiger partial charge in [0.1, 0.15) is 11.3 Å². The summed E-state index contributed by atoms with van der Waals surface area (Å²) in [7, 11) is 1.63. The van der Waals surface area contributed by atoms with E-state index >= 15 is 0 Å². The molecule has 1 atom stereocenters. The van der Waals surface area contributed by atoms with E-state index in [0.717, 1.165) is 40.8 Å². The molecule has 1 amide bonds. The first-order valence-corrected chi connectivity index (χ1v) is 10.4. The van der Waals surface area contributed by atoms with E-state index in [0.29, 0.717) is 23.0 Å². The summed E-state index contributed by atoms with van der Waals surface area (Å²) in [5, 5.41) is 1.54. The molecule has 4 aromatic rings. The number of para-hydroxylation sites is 1. The summed E-state index contributed by atoms with van der Waals surface area (Å²) in [6.45, 7) is 1.18. The van der Waals surface area contributed by atoms with E-state index in [-0.39, 0.29) is 12.0 Å². The minimum atomic E-state index is -0.206. The summed E-state index contributed by atoms with van der Waals surface area (Å²) >= 11 is 1.48. The molecule has 0 spiro atoms. The number of anilines is 1. The summed E-state index contributed by atoms with van der Waals surface area (Å²) in [6, 6.07) is 15.1. The SMILES string of the molecule is COc1ccc2sc(N(C[C@H]3CCCO3)C(=O)c3cc4ccccc4o3)nc2c1. The molecular formula is C22H20N2O4S. The summed E-state index contributed by atoms with van der Waals surface area (Å²) in [6.07, 6.45) is 1.95. The molecule has 1 aliphatic heterocycles. The molecule has 29 heavy (non-hydrogen) atoms. The third-order valence-electron chi connectivity index (χ3n) is 5.11. The van der Waals surface area contributed by atoms with Crippen LogP contribution in [0.25, 0.3) is 21.2 Å². The Labute approximate surface area is 171 Å². The number of carbonyl (C=O) groups excluding carboxylic acids is 1. The molecule has 1 saturated heterocycles. The molecule has 0 bridgehead atoms. The van der Waals surface area contributed by atoms with Crippen LogP contribution in [0.5, 0.6) is 5.75 Å². The van der Waals surface area contributed by atoms with E-state index in [9.17, 15) is 4.79 Å². The van der Waals surface area contributed by atoms with Gasteiger partial charge in [0.2, 0.25) is 0 Å². The number of thiazole rings is 1. The summed E-state index contributed by atoms with van der Waals surface area (Å²) in [4.78, 5) is 19.8. The minimum absolute atomic E-state index is 0.00452. The molecule has 148 valence electrons. The number of nitrogens with zero attached hydrogens (tertiary/aromatic N) is 2. The number of hydrogen-bond donors (Lipinski definition) is 0. The maximum atomic E-state index is 13.4. The van der Waals surface area contributed by atoms with Crippen molar-refractivity contribution >= 4 is 43.6 Å². The van der Waals surface area contributed by atoms with Crippen LogP contribution in [-0.4, -0.2) is 37.3 Å². The van der Waals surface area contributed by atoms with Crippen LogP contribution in [0.4, 0.5) is 5.13 Å². The van der Waals surface area contributed by atoms with Gasteiger partial charge in [-0.25, -0.2) is 4.98 Å². The highest BCUT2D eigenvalue weighted by Gasteiger charge is 2.29. The molecule has 1 aliphatic rings. The van der Waals surface area contributed by atoms with E-state index in [4.69, 9.17) is 18.9 Å². The molecule has 2 aromatic heterocycles. The van der Waals surface area contributed by atoms with Crippen LogP contribution in [0.3, 0.4) is 0 Å². The molecule has 0 unspecified atom stereocenters. The van der Waals surface area contributed by atoms with E-state index in [1.807, 2.05) is 42.5 Å². The van der Waals surface area contributed by atoms with Crippen molar-refractivity contribution in [1.82, 2.24) is 4.98 Å². The predicted octanol–water partition coefficient (Wildman–Crippen LogP) is 4.88. The number of ether oxygens (including phenoxy) is 2. The average Bonchev–Trinajstić information content (AvgIpc) is 3.49. The first-order chi connectivity index (χ1) is 14.2. The van der Waals surface area contributed by atoms with Crippen LogP contribution in [0.1, 0.15) is 23.4 Å². The van der Waals surface area contributed by atoms with Gasteiger partial charge in [-0.2, -0.15) is 0 Å². The molecule has 5 rings (SSSR count). The fourth-order valence-corrected chi connectivity index (χ4v) is 4.55. The molecule has 2 aromatic carbocycles. The van der Waals surface area contributed by atoms with Gasteiger partial charge >= 0.3 is 0 Å². The number of amides is 1. The number of carbonyl (C=O) groups is 1. The number of aromatic nitrogens is 1. The Bertz CT molecular complexity index is 1140. The zero-order valence-electron chi connectivity index (χ0n) is 16.0. The molecule has 1 fully saturated rings. The quantitative estimate of drug-likeness (QED) is 0.471. The lowest BCUT2D eigenvalue weighted by molar-refractivity contribution is 0.0896. The van der Waals surface area contributed by atoms with Crippen molar-refractivity contribution in [2.45, 2.75) is 18.9 Å². The fourth-order valence-electron chi connectivity index (χ4n) is 3.60. The second-order valence-corrected chi connectivity index (χ2v) is 8.04. The van der Waals surface area contributed by atoms with E-state index in [1.165, 1.54) is 11.3 Å². The first-order valence-electron chi connectivity index (χ1n) is 9.58. The Balaban J connectivity index is 1.54. The Kier molecular flexibility index (Phi) is 4.69. The van der Waals surface area contributed by atoms with Gasteiger partial charge in [0, 0.05) is 18.1 Å². The van der Waals surface area contributed by atoms with E-state index in [1.54, 1.807) is 18.1 Å². The molecular weight excluding hydrogens is 388 g/mol. The second kappa shape index (κ2) is 7.50. The van der Waals surface area contributed by atoms with Crippen LogP contribution in [0, 0.1) is 0 Å². The number of hydrogen-bond acceptors (Lipinski definition) is 6. The van der Waals surface area contributed by atoms with Gasteiger partial charge in [0.05, 0.1) is 30.0 Å². The summed E-state index contributed by atoms with van der Waals surface area (Å²) in [5.74, 6) is 0.840. The van der Waals surface area contributed by atoms with Gasteiger partial charge in [0.15, 0.2) is 10.9 Å². The van der Waals surface area contributed by atoms with E-state index < -0.39 is 0 Å². The van der Waals surface area contributed by atoms with Crippen molar-refractivity contribution in [3.63, 3.8) is 0 Å². The van der Waals surface area contributed by atoms with Gasteiger partial charge in [-0.1, -0.05) is 29.5 Å². The number of fused-ring (bicyclic) bond motifs is 2.